The van der Waals surface area contributed by atoms with Crippen molar-refractivity contribution in [3.63, 3.8) is 0 Å². The molecule has 0 spiro atoms. The molecular formula is C55H76N16O12. The number of rotatable bonds is 15. The molecule has 1 fully saturated rings. The van der Waals surface area contributed by atoms with Crippen molar-refractivity contribution in [2.24, 2.45) is 28.1 Å². The summed E-state index contributed by atoms with van der Waals surface area (Å²) in [6.45, 7) is 2.92. The molecule has 28 heteroatoms. The molecule has 0 bridgehead atoms. The SMILES string of the molecule is CC[C@H](C)[C@@H]1NC(=O)[C@H](Cc2ccccc2)NC(=O)[C@H](CC(=O)O)NC(=O)[C@H](Cc2cnc[nH]2)NC(=O)CNC(=O)[C@H](Cc2c[nH]c3ccccc23)NC(=O)[C@H](CCCN=C(N)N)NC(=O)[C@@H](N)CCC(=O)NCCCC[C@@H](C=O)NC1=O. The minimum absolute atomic E-state index is 0.0451. The number of carboxylic acid groups (broad SMARTS) is 1. The Bertz CT molecular complexity index is 2900. The van der Waals surface area contributed by atoms with E-state index in [0.29, 0.717) is 47.8 Å². The van der Waals surface area contributed by atoms with Crippen LogP contribution >= 0.6 is 0 Å². The van der Waals surface area contributed by atoms with Crippen molar-refractivity contribution in [1.29, 1.82) is 0 Å². The van der Waals surface area contributed by atoms with Crippen molar-refractivity contribution in [3.05, 3.63) is 90.1 Å². The number of hydrogen-bond donors (Lipinski definition) is 15. The van der Waals surface area contributed by atoms with Gasteiger partial charge in [-0.05, 0) is 61.6 Å². The van der Waals surface area contributed by atoms with E-state index in [1.165, 1.54) is 12.5 Å². The molecule has 1 saturated heterocycles. The molecule has 0 unspecified atom stereocenters. The zero-order chi connectivity index (χ0) is 60.4. The molecule has 9 amide bonds. The predicted octanol–water partition coefficient (Wildman–Crippen LogP) is -2.39. The smallest absolute Gasteiger partial charge is 0.305 e. The Morgan fingerprint density at radius 1 is 0.711 bits per heavy atom. The quantitative estimate of drug-likeness (QED) is 0.0256. The number of amides is 9. The number of guanidine groups is 1. The molecule has 0 radical (unpaired) electrons. The lowest BCUT2D eigenvalue weighted by molar-refractivity contribution is -0.141. The number of aliphatic carboxylic acids is 1. The van der Waals surface area contributed by atoms with E-state index in [9.17, 15) is 57.8 Å². The number of carbonyl (C=O) groups excluding carboxylic acids is 10. The summed E-state index contributed by atoms with van der Waals surface area (Å²) in [4.78, 5) is 164. The molecule has 2 aromatic carbocycles. The van der Waals surface area contributed by atoms with Gasteiger partial charge in [-0.2, -0.15) is 0 Å². The lowest BCUT2D eigenvalue weighted by atomic mass is 9.96. The van der Waals surface area contributed by atoms with E-state index in [1.807, 2.05) is 0 Å². The maximum absolute atomic E-state index is 14.3. The number of hydrogen-bond acceptors (Lipinski definition) is 14. The maximum Gasteiger partial charge on any atom is 0.305 e. The Morgan fingerprint density at radius 2 is 1.36 bits per heavy atom. The molecule has 83 heavy (non-hydrogen) atoms. The lowest BCUT2D eigenvalue weighted by Crippen LogP contribution is -2.60. The number of carboxylic acids is 1. The summed E-state index contributed by atoms with van der Waals surface area (Å²) in [5, 5.41) is 34.1. The van der Waals surface area contributed by atoms with Gasteiger partial charge in [-0.3, -0.25) is 52.9 Å². The lowest BCUT2D eigenvalue weighted by Gasteiger charge is -2.28. The normalized spacial score (nSPS) is 23.5. The molecule has 2 aromatic heterocycles. The molecule has 0 saturated carbocycles. The third-order valence-corrected chi connectivity index (χ3v) is 13.9. The first-order valence-corrected chi connectivity index (χ1v) is 27.4. The van der Waals surface area contributed by atoms with Gasteiger partial charge in [0.05, 0.1) is 31.4 Å². The number of nitrogens with two attached hydrogens (primary N) is 3. The third kappa shape index (κ3) is 21.3. The van der Waals surface area contributed by atoms with Crippen LogP contribution in [0.5, 0.6) is 0 Å². The number of benzene rings is 2. The molecule has 1 aliphatic rings. The number of H-pyrrole nitrogens is 2. The number of para-hydroxylation sites is 1. The highest BCUT2D eigenvalue weighted by Gasteiger charge is 2.35. The van der Waals surface area contributed by atoms with E-state index in [1.54, 1.807) is 74.6 Å². The molecule has 448 valence electrons. The summed E-state index contributed by atoms with van der Waals surface area (Å²) in [7, 11) is 0. The van der Waals surface area contributed by atoms with Crippen LogP contribution in [0.3, 0.4) is 0 Å². The molecule has 3 heterocycles. The molecule has 9 atom stereocenters. The highest BCUT2D eigenvalue weighted by atomic mass is 16.4. The minimum atomic E-state index is -1.86. The standard InChI is InChI=1S/C55H76N16O12/c1-3-31(2)47-54(83)65-34(29-72)14-9-10-20-60-44(73)19-18-37(56)48(77)67-39(17-11-21-61-55(57)58)50(79)69-41(23-33-26-62-38-16-8-7-15-36(33)38)49(78)63-28-45(74)66-42(24-35-27-59-30-64-35)51(80)70-43(25-46(75)76)52(81)68-40(53(82)71-47)22-32-12-5-4-6-13-32/h4-8,12-13,15-16,26-27,29-31,34,37,39-43,47,62H,3,9-11,14,17-25,28,56H2,1-2H3,(H,59,64)(H,60,73)(H,63,78)(H,65,83)(H,66,74)(H,67,77)(H,68,81)(H,69,79)(H,70,80)(H,71,82)(H,75,76)(H4,57,58,61)/t31-,34-,37-,39-,40-,41-,42-,43-,47-/m0/s1. The van der Waals surface area contributed by atoms with Gasteiger partial charge in [0.15, 0.2) is 5.96 Å². The van der Waals surface area contributed by atoms with Crippen molar-refractivity contribution in [1.82, 2.24) is 62.8 Å². The second kappa shape index (κ2) is 32.9. The summed E-state index contributed by atoms with van der Waals surface area (Å²) in [5.41, 5.74) is 19.5. The Balaban J connectivity index is 1.48. The van der Waals surface area contributed by atoms with Crippen molar-refractivity contribution in [3.8, 4) is 0 Å². The van der Waals surface area contributed by atoms with Crippen molar-refractivity contribution in [2.75, 3.05) is 19.6 Å². The van der Waals surface area contributed by atoms with Gasteiger partial charge in [0.2, 0.25) is 53.2 Å². The van der Waals surface area contributed by atoms with Gasteiger partial charge >= 0.3 is 5.97 Å². The summed E-state index contributed by atoms with van der Waals surface area (Å²) >= 11 is 0. The van der Waals surface area contributed by atoms with E-state index in [2.05, 4.69) is 67.8 Å². The number of carbonyl (C=O) groups is 11. The second-order valence-corrected chi connectivity index (χ2v) is 20.3. The van der Waals surface area contributed by atoms with Crippen LogP contribution in [0.1, 0.15) is 88.5 Å². The Kier molecular flexibility index (Phi) is 25.6. The minimum Gasteiger partial charge on any atom is -0.481 e. The van der Waals surface area contributed by atoms with Gasteiger partial charge in [-0.25, -0.2) is 4.98 Å². The monoisotopic (exact) mass is 1150 g/mol. The number of aldehydes is 1. The summed E-state index contributed by atoms with van der Waals surface area (Å²) in [6.07, 6.45) is 4.37. The van der Waals surface area contributed by atoms with E-state index in [-0.39, 0.29) is 70.4 Å². The van der Waals surface area contributed by atoms with E-state index in [4.69, 9.17) is 17.2 Å². The van der Waals surface area contributed by atoms with Crippen LogP contribution in [0.4, 0.5) is 0 Å². The topological polar surface area (TPSA) is 451 Å². The molecular weight excluding hydrogens is 1080 g/mol. The number of nitrogens with zero attached hydrogens (tertiary/aromatic N) is 2. The van der Waals surface area contributed by atoms with E-state index >= 15 is 0 Å². The molecule has 1 aliphatic heterocycles. The molecule has 18 N–H and O–H groups in total. The molecule has 28 nitrogen and oxygen atoms in total. The first-order chi connectivity index (χ1) is 39.7. The fraction of sp³-hybridized carbons (Fsp3) is 0.473. The predicted molar refractivity (Wildman–Crippen MR) is 303 cm³/mol. The average molecular weight is 1150 g/mol. The van der Waals surface area contributed by atoms with Gasteiger partial charge in [-0.1, -0.05) is 68.8 Å². The number of imidazole rings is 1. The fourth-order valence-corrected chi connectivity index (χ4v) is 9.03. The van der Waals surface area contributed by atoms with Gasteiger partial charge < -0.3 is 84.9 Å². The maximum atomic E-state index is 14.3. The van der Waals surface area contributed by atoms with E-state index < -0.39 is 126 Å². The third-order valence-electron chi connectivity index (χ3n) is 13.9. The van der Waals surface area contributed by atoms with E-state index in [0.717, 1.165) is 5.52 Å². The highest BCUT2D eigenvalue weighted by Crippen LogP contribution is 2.20. The average Bonchev–Trinajstić information content (AvgIpc) is 4.39. The molecule has 4 aromatic rings. The van der Waals surface area contributed by atoms with Gasteiger partial charge in [0.1, 0.15) is 42.5 Å². The van der Waals surface area contributed by atoms with Gasteiger partial charge in [-0.15, -0.1) is 0 Å². The summed E-state index contributed by atoms with van der Waals surface area (Å²) in [6, 6.07) is 4.54. The Labute approximate surface area is 478 Å². The van der Waals surface area contributed by atoms with Crippen LogP contribution < -0.4 is 65.1 Å². The number of nitrogens with one attached hydrogen (secondary N) is 11. The second-order valence-electron chi connectivity index (χ2n) is 20.3. The van der Waals surface area contributed by atoms with Crippen molar-refractivity contribution in [2.45, 2.75) is 139 Å². The summed E-state index contributed by atoms with van der Waals surface area (Å²) in [5.74, 6) is -9.82. The first-order valence-electron chi connectivity index (χ1n) is 27.4. The van der Waals surface area contributed by atoms with Crippen LogP contribution in [-0.4, -0.2) is 159 Å². The largest absolute Gasteiger partial charge is 0.481 e. The number of aromatic nitrogens is 3. The number of aliphatic imine (C=N–C) groups is 1. The van der Waals surface area contributed by atoms with Gasteiger partial charge in [0.25, 0.3) is 0 Å². The number of aromatic amines is 2. The fourth-order valence-electron chi connectivity index (χ4n) is 9.03. The summed E-state index contributed by atoms with van der Waals surface area (Å²) < 4.78 is 0. The van der Waals surface area contributed by atoms with Crippen LogP contribution in [0.15, 0.2) is 78.3 Å². The first kappa shape index (κ1) is 64.6. The number of fused-ring (bicyclic) bond motifs is 1. The van der Waals surface area contributed by atoms with Crippen LogP contribution in [0.25, 0.3) is 10.9 Å². The zero-order valence-corrected chi connectivity index (χ0v) is 46.4. The Hall–Kier alpha value is -9.21. The zero-order valence-electron chi connectivity index (χ0n) is 46.4. The van der Waals surface area contributed by atoms with Crippen LogP contribution in [0, 0.1) is 5.92 Å². The van der Waals surface area contributed by atoms with Crippen molar-refractivity contribution >= 4 is 82.3 Å². The molecule has 0 aliphatic carbocycles. The molecule has 5 rings (SSSR count). The Morgan fingerprint density at radius 3 is 2.05 bits per heavy atom. The van der Waals surface area contributed by atoms with Crippen LogP contribution in [-0.2, 0) is 72.0 Å². The van der Waals surface area contributed by atoms with Gasteiger partial charge in [0, 0.05) is 67.8 Å². The van der Waals surface area contributed by atoms with Crippen molar-refractivity contribution < 1.29 is 57.8 Å². The van der Waals surface area contributed by atoms with Crippen LogP contribution in [0.2, 0.25) is 0 Å². The highest BCUT2D eigenvalue weighted by molar-refractivity contribution is 5.99.